The number of ether oxygens (including phenoxy) is 1. The summed E-state index contributed by atoms with van der Waals surface area (Å²) in [5.74, 6) is -0.951. The Morgan fingerprint density at radius 3 is 2.59 bits per heavy atom. The second-order valence-corrected chi connectivity index (χ2v) is 4.94. The van der Waals surface area contributed by atoms with E-state index in [1.807, 2.05) is 13.8 Å². The number of amides is 2. The standard InChI is InChI=1S/C11H20N2O4/c1-7(2)13(4)10(16)12-8-5-17-6-11(8,3)9(14)15/h7-8H,5-6H2,1-4H3,(H,12,16)(H,14,15). The Kier molecular flexibility index (Phi) is 3.98. The molecule has 6 heteroatoms. The smallest absolute Gasteiger partial charge is 0.317 e. The van der Waals surface area contributed by atoms with Crippen LogP contribution in [0, 0.1) is 5.41 Å². The van der Waals surface area contributed by atoms with E-state index in [2.05, 4.69) is 5.32 Å². The number of carboxylic acids is 1. The molecule has 0 spiro atoms. The van der Waals surface area contributed by atoms with Gasteiger partial charge in [0.05, 0.1) is 19.3 Å². The summed E-state index contributed by atoms with van der Waals surface area (Å²) in [5, 5.41) is 11.9. The van der Waals surface area contributed by atoms with Crippen molar-refractivity contribution in [3.8, 4) is 0 Å². The first-order valence-corrected chi connectivity index (χ1v) is 5.63. The molecule has 0 aliphatic carbocycles. The summed E-state index contributed by atoms with van der Waals surface area (Å²) in [7, 11) is 1.67. The highest BCUT2D eigenvalue weighted by Gasteiger charge is 2.47. The Balaban J connectivity index is 2.69. The lowest BCUT2D eigenvalue weighted by atomic mass is 9.85. The molecule has 0 radical (unpaired) electrons. The fraction of sp³-hybridized carbons (Fsp3) is 0.818. The lowest BCUT2D eigenvalue weighted by molar-refractivity contribution is -0.148. The highest BCUT2D eigenvalue weighted by molar-refractivity contribution is 5.79. The van der Waals surface area contributed by atoms with Crippen LogP contribution in [0.4, 0.5) is 4.79 Å². The molecule has 2 amide bonds. The molecule has 1 aliphatic heterocycles. The van der Waals surface area contributed by atoms with Crippen LogP contribution in [0.2, 0.25) is 0 Å². The van der Waals surface area contributed by atoms with Crippen LogP contribution >= 0.6 is 0 Å². The summed E-state index contributed by atoms with van der Waals surface area (Å²) in [6.07, 6.45) is 0. The zero-order valence-electron chi connectivity index (χ0n) is 10.7. The summed E-state index contributed by atoms with van der Waals surface area (Å²) < 4.78 is 5.16. The van der Waals surface area contributed by atoms with Gasteiger partial charge < -0.3 is 20.1 Å². The molecule has 1 fully saturated rings. The summed E-state index contributed by atoms with van der Waals surface area (Å²) in [6.45, 7) is 5.73. The number of hydrogen-bond donors (Lipinski definition) is 2. The van der Waals surface area contributed by atoms with E-state index in [1.54, 1.807) is 14.0 Å². The van der Waals surface area contributed by atoms with Gasteiger partial charge in [-0.25, -0.2) is 4.79 Å². The minimum atomic E-state index is -1.05. The lowest BCUT2D eigenvalue weighted by Gasteiger charge is -2.29. The molecular formula is C11H20N2O4. The maximum absolute atomic E-state index is 11.8. The quantitative estimate of drug-likeness (QED) is 0.759. The number of hydrogen-bond acceptors (Lipinski definition) is 3. The van der Waals surface area contributed by atoms with Gasteiger partial charge in [-0.3, -0.25) is 4.79 Å². The minimum absolute atomic E-state index is 0.0633. The number of aliphatic carboxylic acids is 1. The number of rotatable bonds is 3. The average Bonchev–Trinajstić information content (AvgIpc) is 2.60. The zero-order chi connectivity index (χ0) is 13.2. The molecular weight excluding hydrogens is 224 g/mol. The molecule has 0 aromatic heterocycles. The van der Waals surface area contributed by atoms with Gasteiger partial charge in [-0.1, -0.05) is 0 Å². The number of urea groups is 1. The van der Waals surface area contributed by atoms with E-state index in [-0.39, 0.29) is 25.3 Å². The van der Waals surface area contributed by atoms with Gasteiger partial charge in [0.1, 0.15) is 5.41 Å². The topological polar surface area (TPSA) is 78.9 Å². The van der Waals surface area contributed by atoms with Crippen molar-refractivity contribution in [2.75, 3.05) is 20.3 Å². The van der Waals surface area contributed by atoms with E-state index in [4.69, 9.17) is 9.84 Å². The van der Waals surface area contributed by atoms with Gasteiger partial charge in [0.15, 0.2) is 0 Å². The fourth-order valence-corrected chi connectivity index (χ4v) is 1.57. The van der Waals surface area contributed by atoms with Crippen molar-refractivity contribution in [1.82, 2.24) is 10.2 Å². The summed E-state index contributed by atoms with van der Waals surface area (Å²) in [4.78, 5) is 24.5. The van der Waals surface area contributed by atoms with Crippen LogP contribution in [-0.2, 0) is 9.53 Å². The number of carboxylic acid groups (broad SMARTS) is 1. The molecule has 98 valence electrons. The van der Waals surface area contributed by atoms with E-state index in [0.29, 0.717) is 0 Å². The molecule has 1 aliphatic rings. The Morgan fingerprint density at radius 2 is 2.12 bits per heavy atom. The van der Waals surface area contributed by atoms with Gasteiger partial charge in [-0.15, -0.1) is 0 Å². The summed E-state index contributed by atoms with van der Waals surface area (Å²) in [5.41, 5.74) is -1.05. The Hall–Kier alpha value is -1.30. The molecule has 1 saturated heterocycles. The van der Waals surface area contributed by atoms with Crippen molar-refractivity contribution in [3.63, 3.8) is 0 Å². The number of nitrogens with one attached hydrogen (secondary N) is 1. The third-order valence-corrected chi connectivity index (χ3v) is 3.34. The molecule has 0 aromatic rings. The van der Waals surface area contributed by atoms with E-state index in [0.717, 1.165) is 0 Å². The molecule has 1 rings (SSSR count). The number of carbonyl (C=O) groups is 2. The molecule has 2 atom stereocenters. The highest BCUT2D eigenvalue weighted by atomic mass is 16.5. The second-order valence-electron chi connectivity index (χ2n) is 4.94. The van der Waals surface area contributed by atoms with Gasteiger partial charge in [-0.05, 0) is 20.8 Å². The molecule has 1 heterocycles. The monoisotopic (exact) mass is 244 g/mol. The zero-order valence-corrected chi connectivity index (χ0v) is 10.7. The van der Waals surface area contributed by atoms with Gasteiger partial charge in [0.2, 0.25) is 0 Å². The maximum atomic E-state index is 11.8. The van der Waals surface area contributed by atoms with Crippen LogP contribution in [0.1, 0.15) is 20.8 Å². The van der Waals surface area contributed by atoms with Crippen LogP contribution in [0.5, 0.6) is 0 Å². The second kappa shape index (κ2) is 4.91. The predicted molar refractivity (Wildman–Crippen MR) is 61.8 cm³/mol. The van der Waals surface area contributed by atoms with Gasteiger partial charge in [-0.2, -0.15) is 0 Å². The normalized spacial score (nSPS) is 28.2. The van der Waals surface area contributed by atoms with Crippen LogP contribution in [-0.4, -0.2) is 54.4 Å². The third-order valence-electron chi connectivity index (χ3n) is 3.34. The van der Waals surface area contributed by atoms with Gasteiger partial charge >= 0.3 is 12.0 Å². The molecule has 6 nitrogen and oxygen atoms in total. The maximum Gasteiger partial charge on any atom is 0.317 e. The van der Waals surface area contributed by atoms with E-state index in [1.165, 1.54) is 4.90 Å². The van der Waals surface area contributed by atoms with Crippen molar-refractivity contribution in [3.05, 3.63) is 0 Å². The Morgan fingerprint density at radius 1 is 1.53 bits per heavy atom. The molecule has 0 bridgehead atoms. The number of nitrogens with zero attached hydrogens (tertiary/aromatic N) is 1. The summed E-state index contributed by atoms with van der Waals surface area (Å²) in [6, 6.07) is -0.704. The van der Waals surface area contributed by atoms with Gasteiger partial charge in [0, 0.05) is 13.1 Å². The molecule has 2 unspecified atom stereocenters. The van der Waals surface area contributed by atoms with Crippen molar-refractivity contribution >= 4 is 12.0 Å². The van der Waals surface area contributed by atoms with Crippen LogP contribution < -0.4 is 5.32 Å². The summed E-state index contributed by atoms with van der Waals surface area (Å²) >= 11 is 0. The minimum Gasteiger partial charge on any atom is -0.481 e. The lowest BCUT2D eigenvalue weighted by Crippen LogP contribution is -2.53. The Bertz CT molecular complexity index is 319. The first kappa shape index (κ1) is 13.8. The first-order valence-electron chi connectivity index (χ1n) is 5.63. The largest absolute Gasteiger partial charge is 0.481 e. The van der Waals surface area contributed by atoms with Crippen molar-refractivity contribution in [2.24, 2.45) is 5.41 Å². The van der Waals surface area contributed by atoms with E-state index >= 15 is 0 Å². The molecule has 17 heavy (non-hydrogen) atoms. The van der Waals surface area contributed by atoms with Crippen LogP contribution in [0.25, 0.3) is 0 Å². The van der Waals surface area contributed by atoms with E-state index in [9.17, 15) is 9.59 Å². The van der Waals surface area contributed by atoms with E-state index < -0.39 is 17.4 Å². The molecule has 0 aromatic carbocycles. The van der Waals surface area contributed by atoms with Crippen LogP contribution in [0.3, 0.4) is 0 Å². The predicted octanol–water partition coefficient (Wildman–Crippen LogP) is 0.526. The highest BCUT2D eigenvalue weighted by Crippen LogP contribution is 2.28. The van der Waals surface area contributed by atoms with Crippen molar-refractivity contribution < 1.29 is 19.4 Å². The van der Waals surface area contributed by atoms with Gasteiger partial charge in [0.25, 0.3) is 0 Å². The molecule has 2 N–H and O–H groups in total. The van der Waals surface area contributed by atoms with Crippen molar-refractivity contribution in [2.45, 2.75) is 32.9 Å². The SMILES string of the molecule is CC(C)N(C)C(=O)NC1COCC1(C)C(=O)O. The van der Waals surface area contributed by atoms with Crippen LogP contribution in [0.15, 0.2) is 0 Å². The average molecular weight is 244 g/mol. The Labute approximate surface area is 101 Å². The third kappa shape index (κ3) is 2.69. The molecule has 0 saturated carbocycles. The fourth-order valence-electron chi connectivity index (χ4n) is 1.57. The first-order chi connectivity index (χ1) is 7.79. The van der Waals surface area contributed by atoms with Crippen molar-refractivity contribution in [1.29, 1.82) is 0 Å². The number of carbonyl (C=O) groups excluding carboxylic acids is 1.